The molecule has 0 saturated heterocycles. The standard InChI is InChI=1S/C12H14ClN3O/c13-11-4-8(6-14)5-12(16-11)15-10-3-1-2-9(10)7-17/h4-5,9-10,17H,1-3,7H2,(H,15,16). The first-order valence-corrected chi connectivity index (χ1v) is 6.06. The van der Waals surface area contributed by atoms with Gasteiger partial charge in [0.2, 0.25) is 0 Å². The fraction of sp³-hybridized carbons (Fsp3) is 0.500. The highest BCUT2D eigenvalue weighted by molar-refractivity contribution is 6.29. The quantitative estimate of drug-likeness (QED) is 0.808. The van der Waals surface area contributed by atoms with Gasteiger partial charge in [-0.05, 0) is 25.0 Å². The number of aromatic nitrogens is 1. The molecule has 1 saturated carbocycles. The smallest absolute Gasteiger partial charge is 0.132 e. The summed E-state index contributed by atoms with van der Waals surface area (Å²) in [5.41, 5.74) is 0.492. The van der Waals surface area contributed by atoms with E-state index in [0.717, 1.165) is 19.3 Å². The molecule has 1 aliphatic rings. The summed E-state index contributed by atoms with van der Waals surface area (Å²) in [5, 5.41) is 21.6. The molecule has 1 aromatic rings. The molecule has 0 amide bonds. The molecule has 90 valence electrons. The maximum Gasteiger partial charge on any atom is 0.132 e. The van der Waals surface area contributed by atoms with E-state index in [1.807, 2.05) is 6.07 Å². The summed E-state index contributed by atoms with van der Waals surface area (Å²) in [6.07, 6.45) is 3.15. The Balaban J connectivity index is 2.13. The number of rotatable bonds is 3. The van der Waals surface area contributed by atoms with Crippen LogP contribution in [0.5, 0.6) is 0 Å². The zero-order chi connectivity index (χ0) is 12.3. The lowest BCUT2D eigenvalue weighted by Gasteiger charge is -2.19. The fourth-order valence-corrected chi connectivity index (χ4v) is 2.48. The number of hydrogen-bond donors (Lipinski definition) is 2. The van der Waals surface area contributed by atoms with Crippen LogP contribution < -0.4 is 5.32 Å². The van der Waals surface area contributed by atoms with E-state index >= 15 is 0 Å². The third-order valence-electron chi connectivity index (χ3n) is 3.15. The van der Waals surface area contributed by atoms with Gasteiger partial charge in [-0.15, -0.1) is 0 Å². The molecular formula is C12H14ClN3O. The highest BCUT2D eigenvalue weighted by atomic mass is 35.5. The Labute approximate surface area is 105 Å². The Hall–Kier alpha value is -1.31. The predicted molar refractivity (Wildman–Crippen MR) is 65.8 cm³/mol. The van der Waals surface area contributed by atoms with E-state index in [1.165, 1.54) is 6.07 Å². The molecule has 0 bridgehead atoms. The van der Waals surface area contributed by atoms with Gasteiger partial charge >= 0.3 is 0 Å². The summed E-state index contributed by atoms with van der Waals surface area (Å²) >= 11 is 5.83. The minimum atomic E-state index is 0.184. The fourth-order valence-electron chi connectivity index (χ4n) is 2.27. The Morgan fingerprint density at radius 3 is 3.06 bits per heavy atom. The van der Waals surface area contributed by atoms with Crippen molar-refractivity contribution in [1.82, 2.24) is 4.98 Å². The highest BCUT2D eigenvalue weighted by Gasteiger charge is 2.26. The third-order valence-corrected chi connectivity index (χ3v) is 3.34. The van der Waals surface area contributed by atoms with Crippen LogP contribution in [0, 0.1) is 17.2 Å². The Bertz CT molecular complexity index is 444. The average molecular weight is 252 g/mol. The van der Waals surface area contributed by atoms with Gasteiger partial charge in [0, 0.05) is 18.6 Å². The van der Waals surface area contributed by atoms with Gasteiger partial charge < -0.3 is 10.4 Å². The molecule has 1 heterocycles. The molecule has 0 aromatic carbocycles. The number of hydrogen-bond acceptors (Lipinski definition) is 4. The molecule has 1 fully saturated rings. The molecule has 0 aliphatic heterocycles. The minimum Gasteiger partial charge on any atom is -0.396 e. The molecule has 2 rings (SSSR count). The van der Waals surface area contributed by atoms with Crippen molar-refractivity contribution in [2.45, 2.75) is 25.3 Å². The number of nitrogens with one attached hydrogen (secondary N) is 1. The van der Waals surface area contributed by atoms with Crippen molar-refractivity contribution in [1.29, 1.82) is 5.26 Å². The SMILES string of the molecule is N#Cc1cc(Cl)nc(NC2CCCC2CO)c1. The lowest BCUT2D eigenvalue weighted by atomic mass is 10.1. The molecule has 17 heavy (non-hydrogen) atoms. The van der Waals surface area contributed by atoms with E-state index in [9.17, 15) is 5.11 Å². The van der Waals surface area contributed by atoms with Crippen LogP contribution in [0.1, 0.15) is 24.8 Å². The van der Waals surface area contributed by atoms with Crippen LogP contribution in [-0.2, 0) is 0 Å². The number of nitrogens with zero attached hydrogens (tertiary/aromatic N) is 2. The van der Waals surface area contributed by atoms with Crippen molar-refractivity contribution in [3.05, 3.63) is 22.8 Å². The van der Waals surface area contributed by atoms with Crippen LogP contribution in [-0.4, -0.2) is 22.7 Å². The monoisotopic (exact) mass is 251 g/mol. The van der Waals surface area contributed by atoms with Crippen molar-refractivity contribution in [2.24, 2.45) is 5.92 Å². The van der Waals surface area contributed by atoms with E-state index in [2.05, 4.69) is 10.3 Å². The first kappa shape index (κ1) is 12.2. The van der Waals surface area contributed by atoms with E-state index in [1.54, 1.807) is 6.07 Å². The largest absolute Gasteiger partial charge is 0.396 e. The van der Waals surface area contributed by atoms with Gasteiger partial charge in [0.15, 0.2) is 0 Å². The molecule has 0 radical (unpaired) electrons. The second kappa shape index (κ2) is 5.35. The number of aliphatic hydroxyl groups excluding tert-OH is 1. The van der Waals surface area contributed by atoms with Crippen LogP contribution >= 0.6 is 11.6 Å². The van der Waals surface area contributed by atoms with Gasteiger partial charge in [-0.1, -0.05) is 18.0 Å². The summed E-state index contributed by atoms with van der Waals surface area (Å²) in [7, 11) is 0. The molecule has 1 aliphatic carbocycles. The van der Waals surface area contributed by atoms with E-state index in [0.29, 0.717) is 16.5 Å². The van der Waals surface area contributed by atoms with Crippen LogP contribution in [0.2, 0.25) is 5.15 Å². The summed E-state index contributed by atoms with van der Waals surface area (Å²) in [5.74, 6) is 0.876. The predicted octanol–water partition coefficient (Wildman–Crippen LogP) is 2.18. The number of nitriles is 1. The number of anilines is 1. The molecular weight excluding hydrogens is 238 g/mol. The number of aliphatic hydroxyl groups is 1. The maximum absolute atomic E-state index is 9.23. The van der Waals surface area contributed by atoms with Gasteiger partial charge in [0.25, 0.3) is 0 Å². The lowest BCUT2D eigenvalue weighted by molar-refractivity contribution is 0.222. The van der Waals surface area contributed by atoms with Crippen molar-refractivity contribution < 1.29 is 5.11 Å². The van der Waals surface area contributed by atoms with E-state index in [-0.39, 0.29) is 18.6 Å². The first-order valence-electron chi connectivity index (χ1n) is 5.68. The molecule has 2 unspecified atom stereocenters. The summed E-state index contributed by atoms with van der Waals surface area (Å²) in [6.45, 7) is 0.184. The van der Waals surface area contributed by atoms with Gasteiger partial charge in [0.05, 0.1) is 11.6 Å². The summed E-state index contributed by atoms with van der Waals surface area (Å²) in [4.78, 5) is 4.14. The molecule has 0 spiro atoms. The van der Waals surface area contributed by atoms with E-state index in [4.69, 9.17) is 16.9 Å². The Morgan fingerprint density at radius 1 is 1.53 bits per heavy atom. The third kappa shape index (κ3) is 2.87. The van der Waals surface area contributed by atoms with Gasteiger partial charge in [-0.3, -0.25) is 0 Å². The van der Waals surface area contributed by atoms with E-state index < -0.39 is 0 Å². The Morgan fingerprint density at radius 2 is 2.35 bits per heavy atom. The van der Waals surface area contributed by atoms with Crippen molar-refractivity contribution in [3.63, 3.8) is 0 Å². The second-order valence-electron chi connectivity index (χ2n) is 4.30. The van der Waals surface area contributed by atoms with Crippen molar-refractivity contribution >= 4 is 17.4 Å². The number of pyridine rings is 1. The average Bonchev–Trinajstić information content (AvgIpc) is 2.75. The molecule has 2 N–H and O–H groups in total. The summed E-state index contributed by atoms with van der Waals surface area (Å²) < 4.78 is 0. The zero-order valence-corrected chi connectivity index (χ0v) is 10.1. The van der Waals surface area contributed by atoms with Crippen LogP contribution in [0.3, 0.4) is 0 Å². The van der Waals surface area contributed by atoms with Crippen molar-refractivity contribution in [2.75, 3.05) is 11.9 Å². The van der Waals surface area contributed by atoms with Crippen LogP contribution in [0.15, 0.2) is 12.1 Å². The van der Waals surface area contributed by atoms with Crippen LogP contribution in [0.4, 0.5) is 5.82 Å². The highest BCUT2D eigenvalue weighted by Crippen LogP contribution is 2.28. The molecule has 1 aromatic heterocycles. The zero-order valence-electron chi connectivity index (χ0n) is 9.36. The van der Waals surface area contributed by atoms with Gasteiger partial charge in [-0.2, -0.15) is 5.26 Å². The Kier molecular flexibility index (Phi) is 3.82. The summed E-state index contributed by atoms with van der Waals surface area (Å²) in [6, 6.07) is 5.48. The number of halogens is 1. The molecule has 5 heteroatoms. The van der Waals surface area contributed by atoms with Gasteiger partial charge in [0.1, 0.15) is 11.0 Å². The topological polar surface area (TPSA) is 68.9 Å². The minimum absolute atomic E-state index is 0.184. The first-order chi connectivity index (χ1) is 8.22. The van der Waals surface area contributed by atoms with Crippen LogP contribution in [0.25, 0.3) is 0 Å². The second-order valence-corrected chi connectivity index (χ2v) is 4.69. The normalized spacial score (nSPS) is 23.4. The lowest BCUT2D eigenvalue weighted by Crippen LogP contribution is -2.26. The molecule has 4 nitrogen and oxygen atoms in total. The maximum atomic E-state index is 9.23. The van der Waals surface area contributed by atoms with Crippen molar-refractivity contribution in [3.8, 4) is 6.07 Å². The van der Waals surface area contributed by atoms with Gasteiger partial charge in [-0.25, -0.2) is 4.98 Å². The molecule has 2 atom stereocenters.